The summed E-state index contributed by atoms with van der Waals surface area (Å²) in [6.45, 7) is 5.45. The van der Waals surface area contributed by atoms with Gasteiger partial charge in [0.05, 0.1) is 12.2 Å². The van der Waals surface area contributed by atoms with Crippen molar-refractivity contribution in [3.8, 4) is 0 Å². The van der Waals surface area contributed by atoms with Crippen LogP contribution in [0.5, 0.6) is 0 Å². The van der Waals surface area contributed by atoms with E-state index in [-0.39, 0.29) is 32.8 Å². The first-order valence-electron chi connectivity index (χ1n) is 7.84. The van der Waals surface area contributed by atoms with E-state index in [1.165, 1.54) is 18.4 Å². The molecule has 0 unspecified atom stereocenters. The summed E-state index contributed by atoms with van der Waals surface area (Å²) in [7, 11) is 3.56. The maximum atomic E-state index is 5.34. The Kier molecular flexibility index (Phi) is 16.1. The Morgan fingerprint density at radius 3 is 2.21 bits per heavy atom. The number of hydrogen-bond acceptors (Lipinski definition) is 4. The van der Waals surface area contributed by atoms with Gasteiger partial charge in [-0.15, -0.1) is 0 Å². The molecule has 2 aliphatic rings. The van der Waals surface area contributed by atoms with Crippen LogP contribution in [0.15, 0.2) is 30.3 Å². The molecule has 0 aliphatic carbocycles. The monoisotopic (exact) mass is 436 g/mol. The van der Waals surface area contributed by atoms with Crippen molar-refractivity contribution in [2.75, 3.05) is 40.4 Å². The minimum Gasteiger partial charge on any atom is -0.412 e. The Morgan fingerprint density at radius 2 is 1.75 bits per heavy atom. The summed E-state index contributed by atoms with van der Waals surface area (Å²) in [4.78, 5) is 2.45. The second-order valence-electron chi connectivity index (χ2n) is 5.72. The van der Waals surface area contributed by atoms with Crippen molar-refractivity contribution in [2.45, 2.75) is 31.6 Å². The molecule has 6 nitrogen and oxygen atoms in total. The first-order chi connectivity index (χ1) is 10.3. The van der Waals surface area contributed by atoms with Crippen LogP contribution in [0.3, 0.4) is 0 Å². The van der Waals surface area contributed by atoms with E-state index in [1.807, 2.05) is 0 Å². The Morgan fingerprint density at radius 1 is 1.08 bits per heavy atom. The van der Waals surface area contributed by atoms with Crippen LogP contribution in [-0.4, -0.2) is 68.5 Å². The van der Waals surface area contributed by atoms with Crippen LogP contribution >= 0.6 is 0 Å². The fourth-order valence-corrected chi connectivity index (χ4v) is 2.80. The van der Waals surface area contributed by atoms with Crippen molar-refractivity contribution in [1.82, 2.24) is 10.2 Å². The molecule has 0 radical (unpaired) electrons. The Bertz CT molecular complexity index is 397. The van der Waals surface area contributed by atoms with Crippen molar-refractivity contribution in [2.24, 2.45) is 0 Å². The third kappa shape index (κ3) is 9.21. The quantitative estimate of drug-likeness (QED) is 0.695. The number of ether oxygens (including phenoxy) is 2. The molecular weight excluding hydrogens is 403 g/mol. The van der Waals surface area contributed by atoms with Gasteiger partial charge in [-0.25, -0.2) is 0 Å². The van der Waals surface area contributed by atoms with Crippen LogP contribution in [0.2, 0.25) is 0 Å². The van der Waals surface area contributed by atoms with E-state index in [4.69, 9.17) is 9.47 Å². The molecule has 0 saturated carbocycles. The smallest absolute Gasteiger partial charge is 0.0710 e. The molecule has 0 spiro atoms. The molecule has 1 aromatic carbocycles. The second kappa shape index (κ2) is 14.9. The van der Waals surface area contributed by atoms with Crippen LogP contribution in [0.4, 0.5) is 0 Å². The standard InChI is InChI=1S/C12H17NO.C5H11NO.2H2O.Pd.H2/c1-14-12-7-8-13(10-12)9-11-5-3-2-4-6-11;1-7-5-2-3-6-4-5;;;;/h2-6,12H,7-10H2,1H3;5-6H,2-4H2,1H3;2*1H2;;1H/t12-;5-;;;;/m11..../s1. The molecule has 0 aromatic heterocycles. The number of methoxy groups -OCH3 is 2. The van der Waals surface area contributed by atoms with Gasteiger partial charge >= 0.3 is 0 Å². The van der Waals surface area contributed by atoms with Gasteiger partial charge in [-0.05, 0) is 24.9 Å². The molecule has 1 aromatic rings. The molecule has 7 heteroatoms. The zero-order valence-corrected chi connectivity index (χ0v) is 16.1. The van der Waals surface area contributed by atoms with E-state index in [0.717, 1.165) is 32.7 Å². The Balaban J connectivity index is -0.000000386. The topological polar surface area (TPSA) is 96.7 Å². The summed E-state index contributed by atoms with van der Waals surface area (Å²) in [5.41, 5.74) is 1.39. The molecule has 0 bridgehead atoms. The summed E-state index contributed by atoms with van der Waals surface area (Å²) in [5.74, 6) is 0. The molecule has 2 heterocycles. The van der Waals surface area contributed by atoms with Crippen molar-refractivity contribution in [3.05, 3.63) is 35.9 Å². The number of rotatable bonds is 4. The van der Waals surface area contributed by atoms with Crippen molar-refractivity contribution >= 4 is 0 Å². The van der Waals surface area contributed by atoms with Gasteiger partial charge < -0.3 is 25.7 Å². The van der Waals surface area contributed by atoms with Crippen LogP contribution in [0, 0.1) is 0 Å². The molecular formula is C17H34N2O4Pd. The van der Waals surface area contributed by atoms with Gasteiger partial charge in [0.15, 0.2) is 0 Å². The molecule has 3 rings (SSSR count). The summed E-state index contributed by atoms with van der Waals surface area (Å²) < 4.78 is 10.4. The van der Waals surface area contributed by atoms with Gasteiger partial charge in [0.25, 0.3) is 0 Å². The molecule has 2 saturated heterocycles. The number of nitrogens with one attached hydrogen (secondary N) is 1. The van der Waals surface area contributed by atoms with Gasteiger partial charge in [0.2, 0.25) is 0 Å². The molecule has 24 heavy (non-hydrogen) atoms. The molecule has 2 aliphatic heterocycles. The van der Waals surface area contributed by atoms with Crippen molar-refractivity contribution in [1.29, 1.82) is 0 Å². The van der Waals surface area contributed by atoms with Gasteiger partial charge in [-0.3, -0.25) is 4.90 Å². The fraction of sp³-hybridized carbons (Fsp3) is 0.647. The fourth-order valence-electron chi connectivity index (χ4n) is 2.80. The van der Waals surface area contributed by atoms with Gasteiger partial charge in [-0.2, -0.15) is 0 Å². The predicted octanol–water partition coefficient (Wildman–Crippen LogP) is 0.496. The van der Waals surface area contributed by atoms with Crippen LogP contribution in [-0.2, 0) is 36.4 Å². The number of likely N-dealkylation sites (tertiary alicyclic amines) is 1. The zero-order chi connectivity index (χ0) is 14.9. The number of benzene rings is 1. The first kappa shape index (κ1) is 25.9. The van der Waals surface area contributed by atoms with Crippen molar-refractivity contribution in [3.63, 3.8) is 0 Å². The summed E-state index contributed by atoms with van der Waals surface area (Å²) in [6, 6.07) is 10.6. The molecule has 2 atom stereocenters. The Labute approximate surface area is 160 Å². The average Bonchev–Trinajstić information content (AvgIpc) is 3.20. The second-order valence-corrected chi connectivity index (χ2v) is 5.72. The van der Waals surface area contributed by atoms with E-state index < -0.39 is 0 Å². The first-order valence-corrected chi connectivity index (χ1v) is 7.84. The molecule has 2 fully saturated rings. The Hall–Kier alpha value is -0.358. The minimum atomic E-state index is 0. The van der Waals surface area contributed by atoms with Gasteiger partial charge in [0.1, 0.15) is 0 Å². The van der Waals surface area contributed by atoms with E-state index >= 15 is 0 Å². The summed E-state index contributed by atoms with van der Waals surface area (Å²) in [6.07, 6.45) is 3.28. The van der Waals surface area contributed by atoms with E-state index in [1.54, 1.807) is 14.2 Å². The zero-order valence-electron chi connectivity index (χ0n) is 14.6. The third-order valence-corrected chi connectivity index (χ3v) is 4.16. The van der Waals surface area contributed by atoms with E-state index in [0.29, 0.717) is 12.2 Å². The summed E-state index contributed by atoms with van der Waals surface area (Å²) in [5, 5.41) is 3.20. The maximum absolute atomic E-state index is 5.34. The van der Waals surface area contributed by atoms with Crippen LogP contribution in [0.1, 0.15) is 19.8 Å². The SMILES string of the molecule is CO[C@@H]1CCN(Cc2ccccc2)C1.CO[C@@H]1CCNC1.O.O.[HH].[Pd]. The molecule has 0 amide bonds. The van der Waals surface area contributed by atoms with E-state index in [2.05, 4.69) is 40.5 Å². The minimum absolute atomic E-state index is 0. The summed E-state index contributed by atoms with van der Waals surface area (Å²) >= 11 is 0. The van der Waals surface area contributed by atoms with E-state index in [9.17, 15) is 0 Å². The van der Waals surface area contributed by atoms with Gasteiger partial charge in [0, 0.05) is 62.2 Å². The largest absolute Gasteiger partial charge is 0.412 e. The predicted molar refractivity (Wildman–Crippen MR) is 94.8 cm³/mol. The van der Waals surface area contributed by atoms with Crippen LogP contribution < -0.4 is 5.32 Å². The number of nitrogens with zero attached hydrogens (tertiary/aromatic N) is 1. The number of hydrogen-bond donors (Lipinski definition) is 1. The maximum Gasteiger partial charge on any atom is 0.0710 e. The molecule has 146 valence electrons. The van der Waals surface area contributed by atoms with Gasteiger partial charge in [-0.1, -0.05) is 30.3 Å². The normalized spacial score (nSPS) is 22.4. The van der Waals surface area contributed by atoms with Crippen molar-refractivity contribution < 1.29 is 42.3 Å². The average molecular weight is 437 g/mol. The molecule has 5 N–H and O–H groups in total. The third-order valence-electron chi connectivity index (χ3n) is 4.16. The van der Waals surface area contributed by atoms with Crippen LogP contribution in [0.25, 0.3) is 0 Å².